The van der Waals surface area contributed by atoms with Crippen LogP contribution in [-0.4, -0.2) is 46.5 Å². The molecular weight excluding hydrogens is 422 g/mol. The summed E-state index contributed by atoms with van der Waals surface area (Å²) in [5.41, 5.74) is 0.419. The molecule has 0 atom stereocenters. The van der Waals surface area contributed by atoms with Crippen molar-refractivity contribution in [3.63, 3.8) is 0 Å². The Morgan fingerprint density at radius 3 is 2.35 bits per heavy atom. The number of imide groups is 1. The molecule has 10 heteroatoms. The van der Waals surface area contributed by atoms with Gasteiger partial charge in [0.1, 0.15) is 0 Å². The number of para-hydroxylation sites is 1. The van der Waals surface area contributed by atoms with Crippen LogP contribution in [0.25, 0.3) is 0 Å². The second-order valence-corrected chi connectivity index (χ2v) is 9.03. The molecule has 0 spiro atoms. The van der Waals surface area contributed by atoms with Gasteiger partial charge in [0, 0.05) is 13.6 Å². The van der Waals surface area contributed by atoms with E-state index in [0.29, 0.717) is 12.2 Å². The molecule has 2 N–H and O–H groups in total. The number of esters is 1. The first kappa shape index (κ1) is 23.9. The standard InChI is InChI=1S/C21H25N3O6S/c1-15(2)13-22-21(27)23-19(25)14-30-20(26)16-8-7-11-18(12-16)31(28,29)24(3)17-9-5-4-6-10-17/h4-12,15H,13-14H2,1-3H3,(H2,22,23,25,27). The fourth-order valence-electron chi connectivity index (χ4n) is 2.44. The molecule has 0 aliphatic rings. The van der Waals surface area contributed by atoms with Crippen LogP contribution in [0.15, 0.2) is 59.5 Å². The molecule has 31 heavy (non-hydrogen) atoms. The van der Waals surface area contributed by atoms with Crippen molar-refractivity contribution in [1.29, 1.82) is 0 Å². The lowest BCUT2D eigenvalue weighted by atomic mass is 10.2. The van der Waals surface area contributed by atoms with Gasteiger partial charge < -0.3 is 10.1 Å². The number of carbonyl (C=O) groups is 3. The van der Waals surface area contributed by atoms with Crippen LogP contribution < -0.4 is 14.9 Å². The Balaban J connectivity index is 2.02. The van der Waals surface area contributed by atoms with Gasteiger partial charge in [-0.2, -0.15) is 0 Å². The summed E-state index contributed by atoms with van der Waals surface area (Å²) in [6.45, 7) is 3.50. The topological polar surface area (TPSA) is 122 Å². The molecule has 166 valence electrons. The number of nitrogens with zero attached hydrogens (tertiary/aromatic N) is 1. The summed E-state index contributed by atoms with van der Waals surface area (Å²) in [4.78, 5) is 35.5. The highest BCUT2D eigenvalue weighted by molar-refractivity contribution is 7.92. The molecular formula is C21H25N3O6S. The van der Waals surface area contributed by atoms with Crippen LogP contribution in [0.1, 0.15) is 24.2 Å². The third-order valence-corrected chi connectivity index (χ3v) is 5.89. The zero-order chi connectivity index (χ0) is 23.0. The fourth-order valence-corrected chi connectivity index (χ4v) is 3.68. The van der Waals surface area contributed by atoms with Crippen molar-refractivity contribution in [2.24, 2.45) is 5.92 Å². The van der Waals surface area contributed by atoms with E-state index in [9.17, 15) is 22.8 Å². The average molecular weight is 448 g/mol. The zero-order valence-corrected chi connectivity index (χ0v) is 18.3. The Bertz CT molecular complexity index is 1040. The Kier molecular flexibility index (Phi) is 8.14. The Hall–Kier alpha value is -3.40. The van der Waals surface area contributed by atoms with Crippen molar-refractivity contribution in [3.8, 4) is 0 Å². The maximum absolute atomic E-state index is 12.9. The maximum Gasteiger partial charge on any atom is 0.338 e. The van der Waals surface area contributed by atoms with Crippen LogP contribution in [0.3, 0.4) is 0 Å². The Morgan fingerprint density at radius 2 is 1.71 bits per heavy atom. The monoisotopic (exact) mass is 447 g/mol. The summed E-state index contributed by atoms with van der Waals surface area (Å²) in [7, 11) is -2.51. The number of nitrogens with one attached hydrogen (secondary N) is 2. The minimum atomic E-state index is -3.92. The van der Waals surface area contributed by atoms with Gasteiger partial charge in [-0.3, -0.25) is 14.4 Å². The van der Waals surface area contributed by atoms with Crippen molar-refractivity contribution >= 4 is 33.6 Å². The van der Waals surface area contributed by atoms with E-state index in [2.05, 4.69) is 5.32 Å². The number of urea groups is 1. The number of rotatable bonds is 8. The van der Waals surface area contributed by atoms with Gasteiger partial charge in [-0.05, 0) is 36.2 Å². The van der Waals surface area contributed by atoms with Crippen molar-refractivity contribution in [2.75, 3.05) is 24.5 Å². The van der Waals surface area contributed by atoms with E-state index >= 15 is 0 Å². The van der Waals surface area contributed by atoms with E-state index in [1.165, 1.54) is 31.3 Å². The summed E-state index contributed by atoms with van der Waals surface area (Å²) < 4.78 is 31.7. The smallest absolute Gasteiger partial charge is 0.338 e. The minimum absolute atomic E-state index is 0.0420. The molecule has 0 saturated heterocycles. The first-order valence-electron chi connectivity index (χ1n) is 9.50. The molecule has 0 fully saturated rings. The molecule has 0 aromatic heterocycles. The van der Waals surface area contributed by atoms with Gasteiger partial charge in [-0.15, -0.1) is 0 Å². The largest absolute Gasteiger partial charge is 0.452 e. The average Bonchev–Trinajstić information content (AvgIpc) is 2.76. The first-order valence-corrected chi connectivity index (χ1v) is 10.9. The van der Waals surface area contributed by atoms with Gasteiger partial charge in [0.2, 0.25) is 0 Å². The van der Waals surface area contributed by atoms with E-state index in [0.717, 1.165) is 4.31 Å². The lowest BCUT2D eigenvalue weighted by molar-refractivity contribution is -0.123. The number of hydrogen-bond acceptors (Lipinski definition) is 6. The molecule has 0 bridgehead atoms. The highest BCUT2D eigenvalue weighted by Gasteiger charge is 2.23. The molecule has 0 unspecified atom stereocenters. The summed E-state index contributed by atoms with van der Waals surface area (Å²) in [5.74, 6) is -1.48. The molecule has 0 aliphatic carbocycles. The highest BCUT2D eigenvalue weighted by atomic mass is 32.2. The van der Waals surface area contributed by atoms with Crippen molar-refractivity contribution in [1.82, 2.24) is 10.6 Å². The SMILES string of the molecule is CC(C)CNC(=O)NC(=O)COC(=O)c1cccc(S(=O)(=O)N(C)c2ccccc2)c1. The van der Waals surface area contributed by atoms with Crippen LogP contribution in [0.4, 0.5) is 10.5 Å². The van der Waals surface area contributed by atoms with Crippen molar-refractivity contribution in [2.45, 2.75) is 18.7 Å². The van der Waals surface area contributed by atoms with Crippen LogP contribution in [-0.2, 0) is 19.6 Å². The number of benzene rings is 2. The van der Waals surface area contributed by atoms with Gasteiger partial charge >= 0.3 is 12.0 Å². The number of ether oxygens (including phenoxy) is 1. The summed E-state index contributed by atoms with van der Waals surface area (Å²) in [6.07, 6.45) is 0. The molecule has 2 rings (SSSR count). The van der Waals surface area contributed by atoms with Crippen molar-refractivity contribution < 1.29 is 27.5 Å². The quantitative estimate of drug-likeness (QED) is 0.598. The lowest BCUT2D eigenvalue weighted by Crippen LogP contribution is -2.42. The molecule has 2 aromatic rings. The predicted molar refractivity (Wildman–Crippen MR) is 115 cm³/mol. The molecule has 2 aromatic carbocycles. The number of carbonyl (C=O) groups excluding carboxylic acids is 3. The van der Waals surface area contributed by atoms with Crippen LogP contribution >= 0.6 is 0 Å². The zero-order valence-electron chi connectivity index (χ0n) is 17.5. The van der Waals surface area contributed by atoms with Gasteiger partial charge in [0.05, 0.1) is 16.1 Å². The first-order chi connectivity index (χ1) is 14.6. The van der Waals surface area contributed by atoms with E-state index in [1.807, 2.05) is 19.2 Å². The molecule has 0 heterocycles. The molecule has 9 nitrogen and oxygen atoms in total. The molecule has 3 amide bonds. The van der Waals surface area contributed by atoms with Gasteiger partial charge in [0.15, 0.2) is 6.61 Å². The second-order valence-electron chi connectivity index (χ2n) is 7.06. The predicted octanol–water partition coefficient (Wildman–Crippen LogP) is 2.15. The minimum Gasteiger partial charge on any atom is -0.452 e. The number of sulfonamides is 1. The molecule has 0 radical (unpaired) electrons. The number of amides is 3. The highest BCUT2D eigenvalue weighted by Crippen LogP contribution is 2.22. The van der Waals surface area contributed by atoms with E-state index < -0.39 is 34.5 Å². The Morgan fingerprint density at radius 1 is 1.03 bits per heavy atom. The molecule has 0 saturated carbocycles. The third kappa shape index (κ3) is 6.82. The van der Waals surface area contributed by atoms with E-state index in [4.69, 9.17) is 4.74 Å². The third-order valence-electron chi connectivity index (χ3n) is 4.11. The fraction of sp³-hybridized carbons (Fsp3) is 0.286. The number of anilines is 1. The van der Waals surface area contributed by atoms with Gasteiger partial charge in [-0.1, -0.05) is 38.1 Å². The van der Waals surface area contributed by atoms with Crippen molar-refractivity contribution in [3.05, 3.63) is 60.2 Å². The van der Waals surface area contributed by atoms with Gasteiger partial charge in [-0.25, -0.2) is 18.0 Å². The van der Waals surface area contributed by atoms with Crippen LogP contribution in [0.2, 0.25) is 0 Å². The number of hydrogen-bond donors (Lipinski definition) is 2. The van der Waals surface area contributed by atoms with E-state index in [1.54, 1.807) is 30.3 Å². The van der Waals surface area contributed by atoms with Crippen LogP contribution in [0.5, 0.6) is 0 Å². The maximum atomic E-state index is 12.9. The normalized spacial score (nSPS) is 11.0. The van der Waals surface area contributed by atoms with E-state index in [-0.39, 0.29) is 16.4 Å². The Labute approximate surface area is 181 Å². The second kappa shape index (κ2) is 10.6. The molecule has 0 aliphatic heterocycles. The summed E-state index contributed by atoms with van der Waals surface area (Å²) >= 11 is 0. The summed E-state index contributed by atoms with van der Waals surface area (Å²) in [6, 6.07) is 13.1. The van der Waals surface area contributed by atoms with Gasteiger partial charge in [0.25, 0.3) is 15.9 Å². The lowest BCUT2D eigenvalue weighted by Gasteiger charge is -2.19. The summed E-state index contributed by atoms with van der Waals surface area (Å²) in [5, 5.41) is 4.54. The van der Waals surface area contributed by atoms with Crippen LogP contribution in [0, 0.1) is 5.92 Å².